The van der Waals surface area contributed by atoms with Crippen molar-refractivity contribution in [3.63, 3.8) is 0 Å². The highest BCUT2D eigenvalue weighted by molar-refractivity contribution is 5.26. The molecule has 67 heavy (non-hydrogen) atoms. The first-order chi connectivity index (χ1) is 33.0. The fourth-order valence-electron chi connectivity index (χ4n) is 10.6. The third-order valence-corrected chi connectivity index (χ3v) is 14.4. The Morgan fingerprint density at radius 2 is 0.925 bits per heavy atom. The van der Waals surface area contributed by atoms with Crippen molar-refractivity contribution in [1.82, 2.24) is 35.2 Å². The Kier molecular flexibility index (Phi) is 18.4. The van der Waals surface area contributed by atoms with E-state index < -0.39 is 0 Å². The second-order valence-electron chi connectivity index (χ2n) is 19.6. The van der Waals surface area contributed by atoms with Gasteiger partial charge in [-0.1, -0.05) is 178 Å². The highest BCUT2D eigenvalue weighted by atomic mass is 15.3. The average Bonchev–Trinajstić information content (AvgIpc) is 3.89. The molecule has 1 aromatic heterocycles. The predicted molar refractivity (Wildman–Crippen MR) is 278 cm³/mol. The first-order valence-electron chi connectivity index (χ1n) is 25.6. The Morgan fingerprint density at radius 3 is 1.37 bits per heavy atom. The van der Waals surface area contributed by atoms with Crippen LogP contribution in [0.1, 0.15) is 111 Å². The van der Waals surface area contributed by atoms with Gasteiger partial charge in [-0.05, 0) is 97.6 Å². The highest BCUT2D eigenvalue weighted by Crippen LogP contribution is 2.42. The Balaban J connectivity index is 0.000000136. The van der Waals surface area contributed by atoms with Crippen LogP contribution in [0.2, 0.25) is 0 Å². The van der Waals surface area contributed by atoms with E-state index in [9.17, 15) is 0 Å². The summed E-state index contributed by atoms with van der Waals surface area (Å²) in [6.07, 6.45) is 11.6. The summed E-state index contributed by atoms with van der Waals surface area (Å²) < 4.78 is 0. The lowest BCUT2D eigenvalue weighted by atomic mass is 9.86. The van der Waals surface area contributed by atoms with Gasteiger partial charge in [-0.3, -0.25) is 19.7 Å². The minimum absolute atomic E-state index is 0.525. The van der Waals surface area contributed by atoms with Crippen LogP contribution in [0.3, 0.4) is 0 Å². The summed E-state index contributed by atoms with van der Waals surface area (Å²) in [6, 6.07) is 62.8. The van der Waals surface area contributed by atoms with Crippen molar-refractivity contribution in [1.29, 1.82) is 0 Å². The van der Waals surface area contributed by atoms with Gasteiger partial charge in [0.2, 0.25) is 0 Å². The minimum Gasteiger partial charge on any atom is -0.315 e. The molecule has 6 aromatic rings. The molecular formula is C60H77N7. The van der Waals surface area contributed by atoms with Crippen LogP contribution in [0.15, 0.2) is 176 Å². The second kappa shape index (κ2) is 25.4. The Labute approximate surface area is 403 Å². The van der Waals surface area contributed by atoms with E-state index in [4.69, 9.17) is 0 Å². The van der Waals surface area contributed by atoms with Gasteiger partial charge in [0.15, 0.2) is 0 Å². The smallest absolute Gasteiger partial charge is 0.0385 e. The van der Waals surface area contributed by atoms with Crippen molar-refractivity contribution in [3.8, 4) is 0 Å². The molecule has 0 bridgehead atoms. The summed E-state index contributed by atoms with van der Waals surface area (Å²) in [6.45, 7) is 16.9. The molecule has 0 saturated carbocycles. The lowest BCUT2D eigenvalue weighted by Crippen LogP contribution is -2.54. The highest BCUT2D eigenvalue weighted by Gasteiger charge is 2.41. The van der Waals surface area contributed by atoms with Crippen LogP contribution in [0, 0.1) is 0 Å². The maximum atomic E-state index is 4.32. The summed E-state index contributed by atoms with van der Waals surface area (Å²) in [7, 11) is 0. The fourth-order valence-corrected chi connectivity index (χ4v) is 10.6. The van der Waals surface area contributed by atoms with Gasteiger partial charge in [0.1, 0.15) is 0 Å². The first-order valence-corrected chi connectivity index (χ1v) is 25.6. The molecule has 0 radical (unpaired) electrons. The number of pyridine rings is 1. The number of likely N-dealkylation sites (tertiary alicyclic amines) is 4. The molecule has 4 aliphatic rings. The summed E-state index contributed by atoms with van der Waals surface area (Å²) in [5.41, 5.74) is 8.47. The van der Waals surface area contributed by atoms with E-state index in [1.54, 1.807) is 0 Å². The van der Waals surface area contributed by atoms with Crippen LogP contribution in [-0.2, 0) is 19.6 Å². The molecule has 4 saturated heterocycles. The van der Waals surface area contributed by atoms with Gasteiger partial charge in [-0.2, -0.15) is 0 Å². The lowest BCUT2D eigenvalue weighted by molar-refractivity contribution is -0.0117. The molecule has 6 atom stereocenters. The zero-order valence-electron chi connectivity index (χ0n) is 40.6. The largest absolute Gasteiger partial charge is 0.315 e. The van der Waals surface area contributed by atoms with Crippen molar-refractivity contribution in [2.75, 3.05) is 39.3 Å². The van der Waals surface area contributed by atoms with Crippen LogP contribution in [-0.4, -0.2) is 88.0 Å². The zero-order valence-corrected chi connectivity index (χ0v) is 40.6. The van der Waals surface area contributed by atoms with Crippen LogP contribution in [0.4, 0.5) is 0 Å². The number of benzene rings is 5. The maximum absolute atomic E-state index is 4.32. The summed E-state index contributed by atoms with van der Waals surface area (Å²) >= 11 is 0. The van der Waals surface area contributed by atoms with Crippen molar-refractivity contribution in [2.45, 2.75) is 121 Å². The van der Waals surface area contributed by atoms with E-state index in [-0.39, 0.29) is 0 Å². The molecule has 0 spiro atoms. The van der Waals surface area contributed by atoms with Gasteiger partial charge in [0, 0.05) is 94.0 Å². The van der Waals surface area contributed by atoms with Gasteiger partial charge in [-0.15, -0.1) is 0 Å². The van der Waals surface area contributed by atoms with E-state index in [2.05, 4.69) is 220 Å². The lowest BCUT2D eigenvalue weighted by Gasteiger charge is -2.50. The number of nitrogens with one attached hydrogen (secondary N) is 2. The molecule has 2 N–H and O–H groups in total. The van der Waals surface area contributed by atoms with Gasteiger partial charge in [-0.25, -0.2) is 0 Å². The van der Waals surface area contributed by atoms with Gasteiger partial charge in [0.25, 0.3) is 0 Å². The molecule has 352 valence electrons. The molecule has 7 nitrogen and oxygen atoms in total. The fraction of sp³-hybridized carbons (Fsp3) is 0.417. The molecular weight excluding hydrogens is 819 g/mol. The van der Waals surface area contributed by atoms with Crippen molar-refractivity contribution in [2.24, 2.45) is 0 Å². The van der Waals surface area contributed by atoms with E-state index >= 15 is 0 Å². The van der Waals surface area contributed by atoms with E-state index in [1.807, 2.05) is 12.4 Å². The third-order valence-electron chi connectivity index (χ3n) is 14.4. The van der Waals surface area contributed by atoms with Gasteiger partial charge < -0.3 is 15.5 Å². The number of aromatic nitrogens is 1. The Morgan fingerprint density at radius 1 is 0.507 bits per heavy atom. The molecule has 5 aromatic carbocycles. The van der Waals surface area contributed by atoms with Crippen LogP contribution in [0.25, 0.3) is 0 Å². The quantitative estimate of drug-likeness (QED) is 0.0834. The molecule has 4 aliphatic heterocycles. The van der Waals surface area contributed by atoms with Crippen LogP contribution in [0.5, 0.6) is 0 Å². The monoisotopic (exact) mass is 896 g/mol. The van der Waals surface area contributed by atoms with Crippen molar-refractivity contribution < 1.29 is 0 Å². The Hall–Kier alpha value is -4.99. The summed E-state index contributed by atoms with van der Waals surface area (Å²) in [5, 5.41) is 7.18. The van der Waals surface area contributed by atoms with E-state index in [0.29, 0.717) is 42.3 Å². The number of nitrogens with zero attached hydrogens (tertiary/aromatic N) is 5. The molecule has 5 heterocycles. The standard InChI is InChI=1S/C20H25N3.2C20H26N2/c1-2-7-17(8-3-1)15-23-19(16-22-11-4-5-12-22)13-20(23)18-9-6-10-21-14-18;1-16(2)21-14-19-13-20(18-11-7-4-8-12-18)22(19)15-17-9-5-3-6-10-17;1-2-13-21-15-19-14-20(18-11-7-4-8-12-18)22(19)16-17-9-5-3-6-10-17/h1-3,6-10,14,19-20H,4-5,11-13,15-16H2;3-12,16,19-21H,13-15H2,1-2H3;3-12,19-21H,2,13-16H2,1H3. The average molecular weight is 896 g/mol. The zero-order chi connectivity index (χ0) is 46.0. The predicted octanol–water partition coefficient (Wildman–Crippen LogP) is 11.5. The van der Waals surface area contributed by atoms with Crippen molar-refractivity contribution >= 4 is 0 Å². The molecule has 7 heteroatoms. The van der Waals surface area contributed by atoms with Crippen LogP contribution < -0.4 is 10.6 Å². The number of rotatable bonds is 18. The van der Waals surface area contributed by atoms with E-state index in [0.717, 1.165) is 39.3 Å². The summed E-state index contributed by atoms with van der Waals surface area (Å²) in [5.74, 6) is 0. The molecule has 4 fully saturated rings. The molecule has 6 unspecified atom stereocenters. The maximum Gasteiger partial charge on any atom is 0.0385 e. The van der Waals surface area contributed by atoms with Gasteiger partial charge in [0.05, 0.1) is 0 Å². The normalized spacial score (nSPS) is 22.9. The Bertz CT molecular complexity index is 2240. The third kappa shape index (κ3) is 13.8. The molecule has 0 amide bonds. The van der Waals surface area contributed by atoms with Gasteiger partial charge >= 0.3 is 0 Å². The topological polar surface area (TPSA) is 49.9 Å². The first kappa shape index (κ1) is 48.5. The number of hydrogen-bond acceptors (Lipinski definition) is 7. The molecule has 0 aliphatic carbocycles. The number of hydrogen-bond donors (Lipinski definition) is 2. The van der Waals surface area contributed by atoms with Crippen molar-refractivity contribution in [3.05, 3.63) is 210 Å². The molecule has 10 rings (SSSR count). The SMILES string of the molecule is CC(C)NCC1CC(c2ccccc2)N1Cc1ccccc1.CCCNCC1CC(c2ccccc2)N1Cc1ccccc1.c1ccc(CN2C(CN3CCCC3)CC2c2cccnc2)cc1. The summed E-state index contributed by atoms with van der Waals surface area (Å²) in [4.78, 5) is 14.9. The second-order valence-corrected chi connectivity index (χ2v) is 19.6. The van der Waals surface area contributed by atoms with Crippen LogP contribution >= 0.6 is 0 Å². The minimum atomic E-state index is 0.525. The van der Waals surface area contributed by atoms with E-state index in [1.165, 1.54) is 91.5 Å².